The summed E-state index contributed by atoms with van der Waals surface area (Å²) in [4.78, 5) is 8.15. The van der Waals surface area contributed by atoms with E-state index in [0.717, 1.165) is 11.1 Å². The number of hydrogen-bond acceptors (Lipinski definition) is 4. The van der Waals surface area contributed by atoms with Gasteiger partial charge >= 0.3 is 0 Å². The molecule has 3 aromatic rings. The van der Waals surface area contributed by atoms with Crippen LogP contribution in [0.1, 0.15) is 0 Å². The second-order valence-electron chi connectivity index (χ2n) is 3.56. The summed E-state index contributed by atoms with van der Waals surface area (Å²) in [6, 6.07) is 6.08. The molecule has 0 radical (unpaired) electrons. The van der Waals surface area contributed by atoms with Gasteiger partial charge in [-0.05, 0) is 18.2 Å². The van der Waals surface area contributed by atoms with Gasteiger partial charge in [0.15, 0.2) is 0 Å². The van der Waals surface area contributed by atoms with E-state index in [0.29, 0.717) is 11.2 Å². The predicted molar refractivity (Wildman–Crippen MR) is 61.5 cm³/mol. The lowest BCUT2D eigenvalue weighted by molar-refractivity contribution is 0.629. The van der Waals surface area contributed by atoms with E-state index in [1.807, 2.05) is 0 Å². The van der Waals surface area contributed by atoms with Crippen LogP contribution in [0, 0.1) is 5.82 Å². The van der Waals surface area contributed by atoms with Crippen molar-refractivity contribution in [2.45, 2.75) is 0 Å². The second-order valence-corrected chi connectivity index (χ2v) is 3.56. The summed E-state index contributed by atoms with van der Waals surface area (Å²) in [6.07, 6.45) is 1.61. The molecule has 0 spiro atoms. The number of H-pyrrole nitrogens is 1. The highest BCUT2D eigenvalue weighted by Crippen LogP contribution is 2.25. The summed E-state index contributed by atoms with van der Waals surface area (Å²) in [7, 11) is 0. The van der Waals surface area contributed by atoms with Gasteiger partial charge in [-0.25, -0.2) is 14.4 Å². The van der Waals surface area contributed by atoms with Gasteiger partial charge in [0.25, 0.3) is 0 Å². The van der Waals surface area contributed by atoms with Crippen LogP contribution < -0.4 is 5.73 Å². The van der Waals surface area contributed by atoms with Crippen molar-refractivity contribution in [1.29, 1.82) is 0 Å². The molecule has 2 heterocycles. The molecule has 84 valence electrons. The van der Waals surface area contributed by atoms with Crippen LogP contribution in [0.15, 0.2) is 30.5 Å². The lowest BCUT2D eigenvalue weighted by Crippen LogP contribution is -1.98. The molecule has 0 saturated carbocycles. The molecule has 0 bridgehead atoms. The summed E-state index contributed by atoms with van der Waals surface area (Å²) >= 11 is 0. The van der Waals surface area contributed by atoms with Crippen LogP contribution in [-0.2, 0) is 0 Å². The van der Waals surface area contributed by atoms with Gasteiger partial charge in [-0.1, -0.05) is 0 Å². The first-order chi connectivity index (χ1) is 8.24. The average molecular weight is 229 g/mol. The van der Waals surface area contributed by atoms with E-state index >= 15 is 0 Å². The number of rotatable bonds is 1. The third kappa shape index (κ3) is 1.59. The maximum absolute atomic E-state index is 13.1. The molecule has 0 saturated heterocycles. The Morgan fingerprint density at radius 2 is 2.06 bits per heavy atom. The Hall–Kier alpha value is -2.50. The summed E-state index contributed by atoms with van der Waals surface area (Å²) in [5, 5.41) is 7.38. The van der Waals surface area contributed by atoms with Crippen molar-refractivity contribution in [2.75, 3.05) is 5.73 Å². The standard InChI is InChI=1S/C11H8FN5/c12-6-1-2-7-9(5-6)15-11(13)16-10(7)8-3-4-14-17-8/h1-5H,(H,14,17)(H2,13,15,16). The molecule has 0 atom stereocenters. The Morgan fingerprint density at radius 1 is 1.18 bits per heavy atom. The lowest BCUT2D eigenvalue weighted by atomic mass is 10.1. The largest absolute Gasteiger partial charge is 0.368 e. The summed E-state index contributed by atoms with van der Waals surface area (Å²) < 4.78 is 13.1. The van der Waals surface area contributed by atoms with Crippen LogP contribution in [0.3, 0.4) is 0 Å². The number of nitrogens with two attached hydrogens (primary N) is 1. The molecule has 17 heavy (non-hydrogen) atoms. The van der Waals surface area contributed by atoms with Gasteiger partial charge in [0.05, 0.1) is 11.2 Å². The minimum Gasteiger partial charge on any atom is -0.368 e. The number of aromatic amines is 1. The normalized spacial score (nSPS) is 10.9. The van der Waals surface area contributed by atoms with E-state index in [4.69, 9.17) is 5.73 Å². The fourth-order valence-corrected chi connectivity index (χ4v) is 1.71. The zero-order valence-electron chi connectivity index (χ0n) is 8.68. The Kier molecular flexibility index (Phi) is 2.01. The van der Waals surface area contributed by atoms with Crippen LogP contribution in [0.5, 0.6) is 0 Å². The maximum atomic E-state index is 13.1. The van der Waals surface area contributed by atoms with Gasteiger partial charge < -0.3 is 5.73 Å². The van der Waals surface area contributed by atoms with Crippen LogP contribution >= 0.6 is 0 Å². The fourth-order valence-electron chi connectivity index (χ4n) is 1.71. The van der Waals surface area contributed by atoms with E-state index in [1.54, 1.807) is 18.3 Å². The van der Waals surface area contributed by atoms with Crippen molar-refractivity contribution in [2.24, 2.45) is 0 Å². The van der Waals surface area contributed by atoms with Crippen molar-refractivity contribution in [3.05, 3.63) is 36.3 Å². The fraction of sp³-hybridized carbons (Fsp3) is 0. The number of anilines is 1. The van der Waals surface area contributed by atoms with Crippen LogP contribution in [0.25, 0.3) is 22.3 Å². The Bertz CT molecular complexity index is 672. The van der Waals surface area contributed by atoms with Gasteiger partial charge in [-0.15, -0.1) is 0 Å². The molecule has 2 aromatic heterocycles. The molecular formula is C11H8FN5. The first-order valence-corrected chi connectivity index (χ1v) is 4.96. The molecule has 3 rings (SSSR count). The van der Waals surface area contributed by atoms with Gasteiger partial charge in [0.1, 0.15) is 11.5 Å². The Morgan fingerprint density at radius 3 is 2.82 bits per heavy atom. The first kappa shape index (κ1) is 9.71. The molecule has 3 N–H and O–H groups in total. The van der Waals surface area contributed by atoms with Crippen molar-refractivity contribution < 1.29 is 4.39 Å². The quantitative estimate of drug-likeness (QED) is 0.666. The summed E-state index contributed by atoms with van der Waals surface area (Å²) in [5.41, 5.74) is 7.41. The smallest absolute Gasteiger partial charge is 0.221 e. The van der Waals surface area contributed by atoms with Gasteiger partial charge in [-0.2, -0.15) is 5.10 Å². The molecule has 0 unspecified atom stereocenters. The number of nitrogens with one attached hydrogen (secondary N) is 1. The van der Waals surface area contributed by atoms with Gasteiger partial charge in [0, 0.05) is 17.6 Å². The highest BCUT2D eigenvalue weighted by molar-refractivity contribution is 5.92. The van der Waals surface area contributed by atoms with Crippen LogP contribution in [-0.4, -0.2) is 20.2 Å². The third-order valence-corrected chi connectivity index (χ3v) is 2.43. The molecule has 0 aliphatic heterocycles. The number of fused-ring (bicyclic) bond motifs is 1. The predicted octanol–water partition coefficient (Wildman–Crippen LogP) is 1.74. The third-order valence-electron chi connectivity index (χ3n) is 2.43. The molecule has 0 amide bonds. The molecule has 0 aliphatic rings. The van der Waals surface area contributed by atoms with Gasteiger partial charge in [-0.3, -0.25) is 5.10 Å². The van der Waals surface area contributed by atoms with E-state index in [2.05, 4.69) is 20.2 Å². The zero-order chi connectivity index (χ0) is 11.8. The Balaban J connectivity index is 2.38. The van der Waals surface area contributed by atoms with Crippen LogP contribution in [0.4, 0.5) is 10.3 Å². The second kappa shape index (κ2) is 3.51. The highest BCUT2D eigenvalue weighted by atomic mass is 19.1. The molecule has 6 heteroatoms. The maximum Gasteiger partial charge on any atom is 0.221 e. The SMILES string of the molecule is Nc1nc(-c2ccn[nH]2)c2ccc(F)cc2n1. The molecule has 5 nitrogen and oxygen atoms in total. The number of nitrogen functional groups attached to an aromatic ring is 1. The van der Waals surface area contributed by atoms with Crippen LogP contribution in [0.2, 0.25) is 0 Å². The van der Waals surface area contributed by atoms with E-state index in [1.165, 1.54) is 12.1 Å². The monoisotopic (exact) mass is 229 g/mol. The Labute approximate surface area is 95.5 Å². The summed E-state index contributed by atoms with van der Waals surface area (Å²) in [5.74, 6) is -0.251. The van der Waals surface area contributed by atoms with Crippen molar-refractivity contribution >= 4 is 16.9 Å². The van der Waals surface area contributed by atoms with Gasteiger partial charge in [0.2, 0.25) is 5.95 Å². The van der Waals surface area contributed by atoms with E-state index < -0.39 is 0 Å². The number of benzene rings is 1. The summed E-state index contributed by atoms with van der Waals surface area (Å²) in [6.45, 7) is 0. The minimum absolute atomic E-state index is 0.104. The first-order valence-electron chi connectivity index (χ1n) is 4.96. The number of nitrogens with zero attached hydrogens (tertiary/aromatic N) is 3. The van der Waals surface area contributed by atoms with Crippen molar-refractivity contribution in [3.8, 4) is 11.4 Å². The van der Waals surface area contributed by atoms with E-state index in [-0.39, 0.29) is 11.8 Å². The average Bonchev–Trinajstić information content (AvgIpc) is 2.80. The zero-order valence-corrected chi connectivity index (χ0v) is 8.68. The highest BCUT2D eigenvalue weighted by Gasteiger charge is 2.10. The van der Waals surface area contributed by atoms with Crippen molar-refractivity contribution in [3.63, 3.8) is 0 Å². The molecular weight excluding hydrogens is 221 g/mol. The minimum atomic E-state index is -0.355. The molecule has 0 aliphatic carbocycles. The number of hydrogen-bond donors (Lipinski definition) is 2. The lowest BCUT2D eigenvalue weighted by Gasteiger charge is -2.04. The topological polar surface area (TPSA) is 80.5 Å². The number of halogens is 1. The van der Waals surface area contributed by atoms with Crippen molar-refractivity contribution in [1.82, 2.24) is 20.2 Å². The number of aromatic nitrogens is 4. The molecule has 1 aromatic carbocycles. The molecule has 0 fully saturated rings. The van der Waals surface area contributed by atoms with E-state index in [9.17, 15) is 4.39 Å².